The molecule has 0 radical (unpaired) electrons. The molecule has 5 heteroatoms. The van der Waals surface area contributed by atoms with Gasteiger partial charge in [-0.25, -0.2) is 0 Å². The van der Waals surface area contributed by atoms with E-state index in [4.69, 9.17) is 11.6 Å². The van der Waals surface area contributed by atoms with Crippen molar-refractivity contribution in [1.29, 1.82) is 0 Å². The van der Waals surface area contributed by atoms with E-state index in [1.165, 1.54) is 7.11 Å². The second-order valence-electron chi connectivity index (χ2n) is 3.07. The molecule has 1 aromatic rings. The molecular weight excluding hydrogens is 230 g/mol. The Bertz CT molecular complexity index is 367. The van der Waals surface area contributed by atoms with Crippen molar-refractivity contribution in [3.8, 4) is 0 Å². The number of alkyl halides is 1. The van der Waals surface area contributed by atoms with Crippen LogP contribution in [0, 0.1) is 0 Å². The summed E-state index contributed by atoms with van der Waals surface area (Å²) in [6.07, 6.45) is 0. The van der Waals surface area contributed by atoms with Gasteiger partial charge in [0.25, 0.3) is 5.91 Å². The lowest BCUT2D eigenvalue weighted by Crippen LogP contribution is -2.34. The van der Waals surface area contributed by atoms with Crippen LogP contribution in [-0.2, 0) is 9.53 Å². The minimum absolute atomic E-state index is 0.0436. The van der Waals surface area contributed by atoms with E-state index < -0.39 is 11.3 Å². The first-order valence-corrected chi connectivity index (χ1v) is 5.14. The molecule has 0 saturated carbocycles. The third-order valence-electron chi connectivity index (χ3n) is 1.93. The van der Waals surface area contributed by atoms with Crippen molar-refractivity contribution < 1.29 is 14.3 Å². The molecule has 0 aromatic heterocycles. The summed E-state index contributed by atoms with van der Waals surface area (Å²) in [6.45, 7) is 0.0436. The fourth-order valence-electron chi connectivity index (χ4n) is 1.09. The fourth-order valence-corrected chi connectivity index (χ4v) is 1.25. The molecule has 1 amide bonds. The van der Waals surface area contributed by atoms with Crippen molar-refractivity contribution >= 4 is 23.5 Å². The van der Waals surface area contributed by atoms with E-state index in [-0.39, 0.29) is 12.5 Å². The normalized spacial score (nSPS) is 11.6. The molecule has 0 unspecified atom stereocenters. The molecule has 0 aliphatic heterocycles. The smallest absolute Gasteiger partial charge is 0.325 e. The van der Waals surface area contributed by atoms with Gasteiger partial charge in [-0.05, 0) is 12.1 Å². The monoisotopic (exact) mass is 241 g/mol. The Morgan fingerprint density at radius 2 is 2.00 bits per heavy atom. The summed E-state index contributed by atoms with van der Waals surface area (Å²) in [5.74, 6) is -0.829. The van der Waals surface area contributed by atoms with Crippen molar-refractivity contribution in [3.05, 3.63) is 35.9 Å². The highest BCUT2D eigenvalue weighted by atomic mass is 35.5. The predicted molar refractivity (Wildman–Crippen MR) is 60.4 cm³/mol. The first kappa shape index (κ1) is 12.5. The number of benzene rings is 1. The lowest BCUT2D eigenvalue weighted by atomic mass is 10.2. The number of ether oxygens (including phenoxy) is 1. The number of hydrogen-bond donors (Lipinski definition) is 1. The molecule has 0 bridgehead atoms. The Balaban J connectivity index is 2.45. The second kappa shape index (κ2) is 6.12. The Morgan fingerprint density at radius 1 is 1.38 bits per heavy atom. The molecule has 0 spiro atoms. The van der Waals surface area contributed by atoms with Crippen LogP contribution in [0.2, 0.25) is 0 Å². The van der Waals surface area contributed by atoms with Crippen molar-refractivity contribution in [1.82, 2.24) is 5.32 Å². The van der Waals surface area contributed by atoms with Crippen molar-refractivity contribution in [2.24, 2.45) is 0 Å². The number of esters is 1. The largest absolute Gasteiger partial charge is 0.468 e. The van der Waals surface area contributed by atoms with Crippen LogP contribution in [0.1, 0.15) is 10.4 Å². The summed E-state index contributed by atoms with van der Waals surface area (Å²) < 4.78 is 4.43. The lowest BCUT2D eigenvalue weighted by Gasteiger charge is -2.08. The van der Waals surface area contributed by atoms with E-state index in [1.807, 2.05) is 6.07 Å². The Kier molecular flexibility index (Phi) is 4.79. The maximum atomic E-state index is 11.5. The number of hydrogen-bond acceptors (Lipinski definition) is 3. The summed E-state index contributed by atoms with van der Waals surface area (Å²) in [7, 11) is 1.25. The molecule has 0 heterocycles. The number of carbonyl (C=O) groups is 2. The van der Waals surface area contributed by atoms with Gasteiger partial charge >= 0.3 is 5.97 Å². The Labute approximate surface area is 98.5 Å². The zero-order valence-electron chi connectivity index (χ0n) is 8.77. The number of amides is 1. The Morgan fingerprint density at radius 3 is 2.56 bits per heavy atom. The maximum Gasteiger partial charge on any atom is 0.325 e. The highest BCUT2D eigenvalue weighted by Gasteiger charge is 2.16. The summed E-state index contributed by atoms with van der Waals surface area (Å²) in [5, 5.41) is 1.68. The van der Waals surface area contributed by atoms with Gasteiger partial charge in [0.15, 0.2) is 0 Å². The average molecular weight is 242 g/mol. The van der Waals surface area contributed by atoms with Gasteiger partial charge in [-0.15, -0.1) is 11.6 Å². The number of halogens is 1. The van der Waals surface area contributed by atoms with E-state index in [1.54, 1.807) is 24.3 Å². The van der Waals surface area contributed by atoms with Gasteiger partial charge in [0.05, 0.1) is 7.11 Å². The van der Waals surface area contributed by atoms with E-state index in [2.05, 4.69) is 10.1 Å². The van der Waals surface area contributed by atoms with Crippen LogP contribution in [0.5, 0.6) is 0 Å². The molecule has 4 nitrogen and oxygen atoms in total. The molecule has 0 aliphatic carbocycles. The van der Waals surface area contributed by atoms with Gasteiger partial charge < -0.3 is 10.1 Å². The number of nitrogens with one attached hydrogen (secondary N) is 1. The van der Waals surface area contributed by atoms with Crippen LogP contribution in [0.15, 0.2) is 30.3 Å². The predicted octanol–water partition coefficient (Wildman–Crippen LogP) is 1.20. The summed E-state index contributed by atoms with van der Waals surface area (Å²) in [5.41, 5.74) is 0.524. The average Bonchev–Trinajstić information content (AvgIpc) is 2.35. The number of rotatable bonds is 4. The van der Waals surface area contributed by atoms with Gasteiger partial charge in [0.1, 0.15) is 5.38 Å². The zero-order valence-corrected chi connectivity index (χ0v) is 9.53. The van der Waals surface area contributed by atoms with E-state index in [0.717, 1.165) is 0 Å². The molecule has 1 aromatic carbocycles. The molecule has 86 valence electrons. The molecule has 1 N–H and O–H groups in total. The standard InChI is InChI=1S/C11H12ClNO3/c1-16-11(15)9(12)7-13-10(14)8-5-3-2-4-6-8/h2-6,9H,7H2,1H3,(H,13,14)/t9-/m1/s1. The van der Waals surface area contributed by atoms with Crippen LogP contribution in [0.25, 0.3) is 0 Å². The molecule has 0 saturated heterocycles. The van der Waals surface area contributed by atoms with Crippen molar-refractivity contribution in [2.75, 3.05) is 13.7 Å². The van der Waals surface area contributed by atoms with Gasteiger partial charge in [0.2, 0.25) is 0 Å². The van der Waals surface area contributed by atoms with Crippen LogP contribution in [0.4, 0.5) is 0 Å². The minimum Gasteiger partial charge on any atom is -0.468 e. The molecule has 16 heavy (non-hydrogen) atoms. The van der Waals surface area contributed by atoms with E-state index in [9.17, 15) is 9.59 Å². The van der Waals surface area contributed by atoms with Crippen LogP contribution in [-0.4, -0.2) is 30.9 Å². The van der Waals surface area contributed by atoms with Crippen LogP contribution < -0.4 is 5.32 Å². The molecule has 1 atom stereocenters. The van der Waals surface area contributed by atoms with Gasteiger partial charge in [0, 0.05) is 12.1 Å². The van der Waals surface area contributed by atoms with Gasteiger partial charge in [-0.1, -0.05) is 18.2 Å². The van der Waals surface area contributed by atoms with Gasteiger partial charge in [-0.3, -0.25) is 9.59 Å². The van der Waals surface area contributed by atoms with E-state index >= 15 is 0 Å². The first-order chi connectivity index (χ1) is 7.65. The zero-order chi connectivity index (χ0) is 12.0. The second-order valence-corrected chi connectivity index (χ2v) is 3.59. The molecule has 0 aliphatic rings. The number of methoxy groups -OCH3 is 1. The van der Waals surface area contributed by atoms with Crippen LogP contribution >= 0.6 is 11.6 Å². The lowest BCUT2D eigenvalue weighted by molar-refractivity contribution is -0.140. The first-order valence-electron chi connectivity index (χ1n) is 4.70. The fraction of sp³-hybridized carbons (Fsp3) is 0.273. The topological polar surface area (TPSA) is 55.4 Å². The minimum atomic E-state index is -0.863. The third kappa shape index (κ3) is 3.55. The molecular formula is C11H12ClNO3. The van der Waals surface area contributed by atoms with Crippen molar-refractivity contribution in [3.63, 3.8) is 0 Å². The van der Waals surface area contributed by atoms with Crippen LogP contribution in [0.3, 0.4) is 0 Å². The molecule has 0 fully saturated rings. The van der Waals surface area contributed by atoms with Gasteiger partial charge in [-0.2, -0.15) is 0 Å². The van der Waals surface area contributed by atoms with Crippen molar-refractivity contribution in [2.45, 2.75) is 5.38 Å². The van der Waals surface area contributed by atoms with E-state index in [0.29, 0.717) is 5.56 Å². The number of carbonyl (C=O) groups excluding carboxylic acids is 2. The molecule has 1 rings (SSSR count). The maximum absolute atomic E-state index is 11.5. The third-order valence-corrected chi connectivity index (χ3v) is 2.27. The summed E-state index contributed by atoms with van der Waals surface area (Å²) in [4.78, 5) is 22.5. The summed E-state index contributed by atoms with van der Waals surface area (Å²) in [6, 6.07) is 8.68. The quantitative estimate of drug-likeness (QED) is 0.637. The Hall–Kier alpha value is -1.55. The highest BCUT2D eigenvalue weighted by molar-refractivity contribution is 6.30. The highest BCUT2D eigenvalue weighted by Crippen LogP contribution is 2.00. The SMILES string of the molecule is COC(=O)[C@H](Cl)CNC(=O)c1ccccc1. The summed E-state index contributed by atoms with van der Waals surface area (Å²) >= 11 is 5.67.